The Morgan fingerprint density at radius 2 is 2.00 bits per heavy atom. The minimum Gasteiger partial charge on any atom is -0.381 e. The molecule has 0 unspecified atom stereocenters. The molecular weight excluding hydrogens is 296 g/mol. The summed E-state index contributed by atoms with van der Waals surface area (Å²) < 4.78 is 35.4. The molecule has 122 valence electrons. The van der Waals surface area contributed by atoms with Crippen LogP contribution in [0.1, 0.15) is 19.8 Å². The number of nitrogens with zero attached hydrogens (tertiary/aromatic N) is 1. The number of hydrogen-bond acceptors (Lipinski definition) is 5. The molecule has 2 aliphatic rings. The quantitative estimate of drug-likeness (QED) is 0.760. The maximum Gasteiger partial charge on any atom is 0.253 e. The molecule has 0 spiro atoms. The van der Waals surface area contributed by atoms with Crippen molar-refractivity contribution < 1.29 is 22.7 Å². The highest BCUT2D eigenvalue weighted by Crippen LogP contribution is 2.20. The van der Waals surface area contributed by atoms with Gasteiger partial charge in [0.1, 0.15) is 0 Å². The van der Waals surface area contributed by atoms with E-state index in [1.165, 1.54) is 4.31 Å². The van der Waals surface area contributed by atoms with E-state index in [9.17, 15) is 13.2 Å². The second-order valence-electron chi connectivity index (χ2n) is 5.94. The second kappa shape index (κ2) is 6.60. The molecule has 0 bridgehead atoms. The third-order valence-corrected chi connectivity index (χ3v) is 5.33. The zero-order chi connectivity index (χ0) is 15.5. The number of morpholine rings is 1. The summed E-state index contributed by atoms with van der Waals surface area (Å²) in [5.74, 6) is 0.170. The zero-order valence-corrected chi connectivity index (χ0v) is 13.4. The van der Waals surface area contributed by atoms with E-state index in [1.54, 1.807) is 6.92 Å². The number of carbonyl (C=O) groups is 1. The summed E-state index contributed by atoms with van der Waals surface area (Å²) in [6.45, 7) is 4.28. The monoisotopic (exact) mass is 320 g/mol. The lowest BCUT2D eigenvalue weighted by Crippen LogP contribution is -2.59. The van der Waals surface area contributed by atoms with E-state index in [4.69, 9.17) is 9.47 Å². The van der Waals surface area contributed by atoms with Gasteiger partial charge in [-0.1, -0.05) is 0 Å². The summed E-state index contributed by atoms with van der Waals surface area (Å²) in [4.78, 5) is 12.3. The Hall–Kier alpha value is -0.700. The molecule has 2 rings (SSSR count). The average Bonchev–Trinajstić information content (AvgIpc) is 2.45. The van der Waals surface area contributed by atoms with Crippen LogP contribution in [0.15, 0.2) is 0 Å². The summed E-state index contributed by atoms with van der Waals surface area (Å²) in [7, 11) is -3.31. The van der Waals surface area contributed by atoms with Crippen LogP contribution in [0.4, 0.5) is 0 Å². The highest BCUT2D eigenvalue weighted by molar-refractivity contribution is 7.88. The fraction of sp³-hybridized carbons (Fsp3) is 0.923. The molecule has 0 aromatic rings. The molecule has 8 heteroatoms. The fourth-order valence-electron chi connectivity index (χ4n) is 2.63. The van der Waals surface area contributed by atoms with Crippen molar-refractivity contribution in [3.8, 4) is 0 Å². The number of carbonyl (C=O) groups excluding carboxylic acids is 1. The Balaban J connectivity index is 1.90. The maximum absolute atomic E-state index is 12.3. The molecule has 0 aliphatic carbocycles. The topological polar surface area (TPSA) is 84.9 Å². The van der Waals surface area contributed by atoms with E-state index in [-0.39, 0.29) is 19.1 Å². The van der Waals surface area contributed by atoms with Gasteiger partial charge in [0.05, 0.1) is 19.4 Å². The number of rotatable bonds is 4. The van der Waals surface area contributed by atoms with E-state index in [0.29, 0.717) is 19.0 Å². The molecule has 2 saturated heterocycles. The van der Waals surface area contributed by atoms with Gasteiger partial charge in [0, 0.05) is 26.3 Å². The van der Waals surface area contributed by atoms with Crippen LogP contribution in [0.5, 0.6) is 0 Å². The van der Waals surface area contributed by atoms with Gasteiger partial charge in [0.25, 0.3) is 5.91 Å². The van der Waals surface area contributed by atoms with Gasteiger partial charge < -0.3 is 14.8 Å². The van der Waals surface area contributed by atoms with Gasteiger partial charge in [-0.15, -0.1) is 0 Å². The van der Waals surface area contributed by atoms with E-state index >= 15 is 0 Å². The largest absolute Gasteiger partial charge is 0.381 e. The lowest BCUT2D eigenvalue weighted by molar-refractivity contribution is -0.152. The molecule has 0 aromatic carbocycles. The highest BCUT2D eigenvalue weighted by Gasteiger charge is 2.41. The van der Waals surface area contributed by atoms with Crippen LogP contribution in [0.25, 0.3) is 0 Å². The van der Waals surface area contributed by atoms with Crippen molar-refractivity contribution in [2.45, 2.75) is 25.4 Å². The van der Waals surface area contributed by atoms with Gasteiger partial charge in [0.15, 0.2) is 5.60 Å². The molecule has 2 aliphatic heterocycles. The first-order valence-electron chi connectivity index (χ1n) is 7.26. The van der Waals surface area contributed by atoms with Gasteiger partial charge in [-0.2, -0.15) is 4.31 Å². The third-order valence-electron chi connectivity index (χ3n) is 4.08. The van der Waals surface area contributed by atoms with Crippen LogP contribution in [0, 0.1) is 5.92 Å². The molecule has 1 N–H and O–H groups in total. The van der Waals surface area contributed by atoms with Crippen LogP contribution in [0.2, 0.25) is 0 Å². The molecule has 0 aromatic heterocycles. The predicted molar refractivity (Wildman–Crippen MR) is 77.3 cm³/mol. The number of ether oxygens (including phenoxy) is 2. The number of nitrogens with one attached hydrogen (secondary N) is 1. The van der Waals surface area contributed by atoms with Crippen molar-refractivity contribution in [2.24, 2.45) is 5.92 Å². The van der Waals surface area contributed by atoms with Crippen LogP contribution < -0.4 is 5.32 Å². The van der Waals surface area contributed by atoms with Crippen LogP contribution >= 0.6 is 0 Å². The lowest BCUT2D eigenvalue weighted by atomic mass is 9.99. The number of amides is 1. The Labute approximate surface area is 126 Å². The first-order chi connectivity index (χ1) is 9.81. The summed E-state index contributed by atoms with van der Waals surface area (Å²) in [5, 5.41) is 2.89. The number of sulfonamides is 1. The van der Waals surface area contributed by atoms with Crippen molar-refractivity contribution in [2.75, 3.05) is 45.7 Å². The standard InChI is InChI=1S/C13H24N2O5S/c1-13(10-15(5-8-20-13)21(2,17)18)12(16)14-9-11-3-6-19-7-4-11/h11H,3-10H2,1-2H3,(H,14,16)/t13-/m0/s1. The van der Waals surface area contributed by atoms with Gasteiger partial charge >= 0.3 is 0 Å². The Bertz CT molecular complexity index is 475. The molecule has 2 fully saturated rings. The minimum atomic E-state index is -3.31. The van der Waals surface area contributed by atoms with E-state index < -0.39 is 15.6 Å². The van der Waals surface area contributed by atoms with Crippen molar-refractivity contribution in [3.63, 3.8) is 0 Å². The molecule has 0 radical (unpaired) electrons. The van der Waals surface area contributed by atoms with Crippen LogP contribution in [-0.2, 0) is 24.3 Å². The fourth-order valence-corrected chi connectivity index (χ4v) is 3.52. The molecule has 1 amide bonds. The van der Waals surface area contributed by atoms with Gasteiger partial charge in [0.2, 0.25) is 10.0 Å². The lowest BCUT2D eigenvalue weighted by Gasteiger charge is -2.38. The van der Waals surface area contributed by atoms with Gasteiger partial charge in [-0.05, 0) is 25.7 Å². The van der Waals surface area contributed by atoms with E-state index in [1.807, 2.05) is 0 Å². The Morgan fingerprint density at radius 1 is 1.33 bits per heavy atom. The second-order valence-corrected chi connectivity index (χ2v) is 7.92. The van der Waals surface area contributed by atoms with Crippen LogP contribution in [0.3, 0.4) is 0 Å². The molecule has 1 atom stereocenters. The minimum absolute atomic E-state index is 0.0610. The van der Waals surface area contributed by atoms with Crippen molar-refractivity contribution >= 4 is 15.9 Å². The van der Waals surface area contributed by atoms with Crippen LogP contribution in [-0.4, -0.2) is 69.9 Å². The Kier molecular flexibility index (Phi) is 5.24. The van der Waals surface area contributed by atoms with Gasteiger partial charge in [-0.3, -0.25) is 4.79 Å². The molecule has 0 saturated carbocycles. The molecular formula is C13H24N2O5S. The summed E-state index contributed by atoms with van der Waals surface area (Å²) in [6.07, 6.45) is 3.03. The first kappa shape index (κ1) is 16.7. The zero-order valence-electron chi connectivity index (χ0n) is 12.6. The number of hydrogen-bond donors (Lipinski definition) is 1. The summed E-state index contributed by atoms with van der Waals surface area (Å²) in [6, 6.07) is 0. The average molecular weight is 320 g/mol. The SMILES string of the molecule is C[C@@]1(C(=O)NCC2CCOCC2)CN(S(C)(=O)=O)CCO1. The van der Waals surface area contributed by atoms with Crippen molar-refractivity contribution in [1.82, 2.24) is 9.62 Å². The third kappa shape index (κ3) is 4.38. The van der Waals surface area contributed by atoms with Crippen molar-refractivity contribution in [3.05, 3.63) is 0 Å². The molecule has 21 heavy (non-hydrogen) atoms. The molecule has 7 nitrogen and oxygen atoms in total. The summed E-state index contributed by atoms with van der Waals surface area (Å²) >= 11 is 0. The smallest absolute Gasteiger partial charge is 0.253 e. The first-order valence-corrected chi connectivity index (χ1v) is 9.11. The van der Waals surface area contributed by atoms with Gasteiger partial charge in [-0.25, -0.2) is 8.42 Å². The highest BCUT2D eigenvalue weighted by atomic mass is 32.2. The van der Waals surface area contributed by atoms with Crippen molar-refractivity contribution in [1.29, 1.82) is 0 Å². The molecule has 2 heterocycles. The maximum atomic E-state index is 12.3. The van der Waals surface area contributed by atoms with E-state index in [2.05, 4.69) is 5.32 Å². The Morgan fingerprint density at radius 3 is 2.62 bits per heavy atom. The normalized spacial score (nSPS) is 29.2. The predicted octanol–water partition coefficient (Wildman–Crippen LogP) is -0.420. The van der Waals surface area contributed by atoms with E-state index in [0.717, 1.165) is 32.3 Å². The summed E-state index contributed by atoms with van der Waals surface area (Å²) in [5.41, 5.74) is -1.12.